The van der Waals surface area contributed by atoms with Crippen LogP contribution in [0.25, 0.3) is 0 Å². The molecule has 25 heavy (non-hydrogen) atoms. The number of nitrogens with one attached hydrogen (secondary N) is 1. The van der Waals surface area contributed by atoms with Gasteiger partial charge in [-0.2, -0.15) is 0 Å². The fourth-order valence-corrected chi connectivity index (χ4v) is 3.27. The summed E-state index contributed by atoms with van der Waals surface area (Å²) in [4.78, 5) is 8.89. The number of rotatable bonds is 3. The topological polar surface area (TPSA) is 51.1 Å². The monoisotopic (exact) mass is 402 g/mol. The lowest BCUT2D eigenvalue weighted by atomic mass is 10.2. The number of anilines is 1. The van der Waals surface area contributed by atoms with Gasteiger partial charge in [-0.1, -0.05) is 40.2 Å². The standard InChI is InChI=1S/C19H23BrN4O/c1-21-19(22-14-15-6-8-16(20)9-7-15)24-12-10-23(11-13-24)17-4-2-3-5-18(17)25/h2-9,25H,10-14H2,1H3,(H,21,22). The van der Waals surface area contributed by atoms with Gasteiger partial charge < -0.3 is 20.2 Å². The Bertz CT molecular complexity index is 724. The lowest BCUT2D eigenvalue weighted by molar-refractivity contribution is 0.369. The molecule has 0 bridgehead atoms. The highest BCUT2D eigenvalue weighted by Crippen LogP contribution is 2.27. The molecule has 2 aromatic carbocycles. The normalized spacial score (nSPS) is 15.4. The van der Waals surface area contributed by atoms with Crippen LogP contribution in [0.15, 0.2) is 58.0 Å². The number of nitrogens with zero attached hydrogens (tertiary/aromatic N) is 3. The lowest BCUT2D eigenvalue weighted by Gasteiger charge is -2.37. The molecule has 0 saturated carbocycles. The molecule has 0 radical (unpaired) electrons. The van der Waals surface area contributed by atoms with Crippen molar-refractivity contribution in [2.24, 2.45) is 4.99 Å². The molecule has 0 unspecified atom stereocenters. The second kappa shape index (κ2) is 8.25. The molecule has 2 N–H and O–H groups in total. The minimum absolute atomic E-state index is 0.341. The number of hydrogen-bond donors (Lipinski definition) is 2. The SMILES string of the molecule is CN=C(NCc1ccc(Br)cc1)N1CCN(c2ccccc2O)CC1. The number of hydrogen-bond acceptors (Lipinski definition) is 3. The molecular formula is C19H23BrN4O. The fourth-order valence-electron chi connectivity index (χ4n) is 3.01. The summed E-state index contributed by atoms with van der Waals surface area (Å²) in [6, 6.07) is 15.8. The Morgan fingerprint density at radius 1 is 1.08 bits per heavy atom. The second-order valence-corrected chi connectivity index (χ2v) is 6.91. The third kappa shape index (κ3) is 4.45. The Morgan fingerprint density at radius 3 is 2.40 bits per heavy atom. The number of benzene rings is 2. The van der Waals surface area contributed by atoms with Crippen molar-refractivity contribution in [2.45, 2.75) is 6.54 Å². The highest BCUT2D eigenvalue weighted by Gasteiger charge is 2.21. The largest absolute Gasteiger partial charge is 0.506 e. The van der Waals surface area contributed by atoms with Gasteiger partial charge >= 0.3 is 0 Å². The van der Waals surface area contributed by atoms with Crippen LogP contribution in [0.3, 0.4) is 0 Å². The molecule has 1 aliphatic rings. The molecule has 2 aromatic rings. The van der Waals surface area contributed by atoms with Crippen molar-refractivity contribution in [3.05, 3.63) is 58.6 Å². The summed E-state index contributed by atoms with van der Waals surface area (Å²) in [6.45, 7) is 4.20. The van der Waals surface area contributed by atoms with Crippen LogP contribution < -0.4 is 10.2 Å². The van der Waals surface area contributed by atoms with E-state index in [4.69, 9.17) is 0 Å². The number of phenolic OH excluding ortho intramolecular Hbond substituents is 1. The lowest BCUT2D eigenvalue weighted by Crippen LogP contribution is -2.52. The van der Waals surface area contributed by atoms with Gasteiger partial charge in [-0.05, 0) is 29.8 Å². The van der Waals surface area contributed by atoms with E-state index in [9.17, 15) is 5.11 Å². The van der Waals surface area contributed by atoms with Crippen LogP contribution in [-0.2, 0) is 6.54 Å². The number of aromatic hydroxyl groups is 1. The number of piperazine rings is 1. The molecule has 0 spiro atoms. The Labute approximate surface area is 157 Å². The summed E-state index contributed by atoms with van der Waals surface area (Å²) < 4.78 is 1.08. The van der Waals surface area contributed by atoms with Gasteiger partial charge in [-0.25, -0.2) is 0 Å². The third-order valence-electron chi connectivity index (χ3n) is 4.38. The van der Waals surface area contributed by atoms with Crippen molar-refractivity contribution in [3.8, 4) is 5.75 Å². The van der Waals surface area contributed by atoms with E-state index in [0.29, 0.717) is 5.75 Å². The first-order valence-electron chi connectivity index (χ1n) is 8.40. The average Bonchev–Trinajstić information content (AvgIpc) is 2.65. The Morgan fingerprint density at radius 2 is 1.76 bits per heavy atom. The Balaban J connectivity index is 1.55. The summed E-state index contributed by atoms with van der Waals surface area (Å²) in [5.74, 6) is 1.26. The summed E-state index contributed by atoms with van der Waals surface area (Å²) in [7, 11) is 1.82. The minimum atomic E-state index is 0.341. The van der Waals surface area contributed by atoms with Gasteiger partial charge in [0.05, 0.1) is 5.69 Å². The summed E-state index contributed by atoms with van der Waals surface area (Å²) in [6.07, 6.45) is 0. The van der Waals surface area contributed by atoms with Gasteiger partial charge in [-0.3, -0.25) is 4.99 Å². The van der Waals surface area contributed by atoms with Gasteiger partial charge in [0.25, 0.3) is 0 Å². The molecule has 3 rings (SSSR count). The number of guanidine groups is 1. The molecule has 0 aromatic heterocycles. The smallest absolute Gasteiger partial charge is 0.194 e. The minimum Gasteiger partial charge on any atom is -0.506 e. The summed E-state index contributed by atoms with van der Waals surface area (Å²) >= 11 is 3.46. The van der Waals surface area contributed by atoms with Crippen molar-refractivity contribution >= 4 is 27.6 Å². The van der Waals surface area contributed by atoms with Crippen molar-refractivity contribution in [3.63, 3.8) is 0 Å². The molecule has 6 heteroatoms. The maximum atomic E-state index is 10.0. The maximum absolute atomic E-state index is 10.0. The molecule has 0 atom stereocenters. The van der Waals surface area contributed by atoms with Crippen LogP contribution in [0.5, 0.6) is 5.75 Å². The molecule has 132 valence electrons. The summed E-state index contributed by atoms with van der Waals surface area (Å²) in [5, 5.41) is 13.5. The number of halogens is 1. The third-order valence-corrected chi connectivity index (χ3v) is 4.91. The zero-order chi connectivity index (χ0) is 17.6. The molecule has 0 aliphatic carbocycles. The molecule has 1 fully saturated rings. The van der Waals surface area contributed by atoms with E-state index < -0.39 is 0 Å². The molecule has 5 nitrogen and oxygen atoms in total. The van der Waals surface area contributed by atoms with Crippen molar-refractivity contribution in [1.82, 2.24) is 10.2 Å². The predicted molar refractivity (Wildman–Crippen MR) is 106 cm³/mol. The highest BCUT2D eigenvalue weighted by atomic mass is 79.9. The Kier molecular flexibility index (Phi) is 5.81. The average molecular weight is 403 g/mol. The molecular weight excluding hydrogens is 380 g/mol. The number of phenols is 1. The van der Waals surface area contributed by atoms with E-state index in [0.717, 1.165) is 48.8 Å². The zero-order valence-corrected chi connectivity index (χ0v) is 15.9. The number of aliphatic imine (C=N–C) groups is 1. The van der Waals surface area contributed by atoms with Gasteiger partial charge in [0.2, 0.25) is 0 Å². The first kappa shape index (κ1) is 17.6. The second-order valence-electron chi connectivity index (χ2n) is 5.99. The number of para-hydroxylation sites is 2. The van der Waals surface area contributed by atoms with E-state index in [1.165, 1.54) is 5.56 Å². The van der Waals surface area contributed by atoms with E-state index in [2.05, 4.69) is 48.2 Å². The summed E-state index contributed by atoms with van der Waals surface area (Å²) in [5.41, 5.74) is 2.12. The van der Waals surface area contributed by atoms with Gasteiger partial charge in [-0.15, -0.1) is 0 Å². The quantitative estimate of drug-likeness (QED) is 0.611. The molecule has 1 heterocycles. The molecule has 1 saturated heterocycles. The first-order chi connectivity index (χ1) is 12.2. The first-order valence-corrected chi connectivity index (χ1v) is 9.19. The van der Waals surface area contributed by atoms with Crippen molar-refractivity contribution in [2.75, 3.05) is 38.1 Å². The van der Waals surface area contributed by atoms with Crippen LogP contribution in [-0.4, -0.2) is 49.2 Å². The molecule has 0 amide bonds. The van der Waals surface area contributed by atoms with Crippen LogP contribution in [0.2, 0.25) is 0 Å². The van der Waals surface area contributed by atoms with Crippen molar-refractivity contribution < 1.29 is 5.11 Å². The van der Waals surface area contributed by atoms with Gasteiger partial charge in [0, 0.05) is 44.2 Å². The van der Waals surface area contributed by atoms with Crippen molar-refractivity contribution in [1.29, 1.82) is 0 Å². The van der Waals surface area contributed by atoms with E-state index in [-0.39, 0.29) is 0 Å². The maximum Gasteiger partial charge on any atom is 0.194 e. The molecule has 1 aliphatic heterocycles. The Hall–Kier alpha value is -2.21. The zero-order valence-electron chi connectivity index (χ0n) is 14.3. The van der Waals surface area contributed by atoms with Crippen LogP contribution >= 0.6 is 15.9 Å². The highest BCUT2D eigenvalue weighted by molar-refractivity contribution is 9.10. The van der Waals surface area contributed by atoms with Crippen LogP contribution in [0.1, 0.15) is 5.56 Å². The van der Waals surface area contributed by atoms with E-state index in [1.807, 2.05) is 37.4 Å². The fraction of sp³-hybridized carbons (Fsp3) is 0.316. The van der Waals surface area contributed by atoms with Crippen LogP contribution in [0, 0.1) is 0 Å². The van der Waals surface area contributed by atoms with Gasteiger partial charge in [0.15, 0.2) is 5.96 Å². The van der Waals surface area contributed by atoms with Crippen LogP contribution in [0.4, 0.5) is 5.69 Å². The van der Waals surface area contributed by atoms with E-state index >= 15 is 0 Å². The predicted octanol–water partition coefficient (Wildman–Crippen LogP) is 3.05. The van der Waals surface area contributed by atoms with E-state index in [1.54, 1.807) is 6.07 Å². The van der Waals surface area contributed by atoms with Gasteiger partial charge in [0.1, 0.15) is 5.75 Å².